The fourth-order valence-electron chi connectivity index (χ4n) is 2.91. The Bertz CT molecular complexity index is 686. The molecule has 0 amide bonds. The fraction of sp³-hybridized carbons (Fsp3) is 0.600. The van der Waals surface area contributed by atoms with E-state index in [9.17, 15) is 4.57 Å². The molecule has 0 aromatic carbocycles. The molecule has 0 heterocycles. The van der Waals surface area contributed by atoms with Crippen molar-refractivity contribution >= 4 is 7.82 Å². The Balaban J connectivity index is 4.10. The zero-order valence-electron chi connectivity index (χ0n) is 19.9. The lowest BCUT2D eigenvalue weighted by Crippen LogP contribution is -1.89. The number of hydrogen-bond acceptors (Lipinski definition) is 2. The van der Waals surface area contributed by atoms with Crippen LogP contribution < -0.4 is 0 Å². The van der Waals surface area contributed by atoms with Gasteiger partial charge >= 0.3 is 7.82 Å². The maximum atomic E-state index is 10.6. The summed E-state index contributed by atoms with van der Waals surface area (Å²) in [6.45, 7) is 12.8. The molecular formula is C25H43O4P. The van der Waals surface area contributed by atoms with Gasteiger partial charge in [0.05, 0.1) is 6.61 Å². The van der Waals surface area contributed by atoms with E-state index in [4.69, 9.17) is 9.79 Å². The van der Waals surface area contributed by atoms with Crippen molar-refractivity contribution in [3.05, 3.63) is 58.2 Å². The summed E-state index contributed by atoms with van der Waals surface area (Å²) in [5, 5.41) is 0. The van der Waals surface area contributed by atoms with Crippen molar-refractivity contribution in [2.75, 3.05) is 6.61 Å². The zero-order chi connectivity index (χ0) is 23.0. The van der Waals surface area contributed by atoms with Crippen LogP contribution >= 0.6 is 7.82 Å². The first-order chi connectivity index (χ1) is 14.0. The molecule has 0 radical (unpaired) electrons. The van der Waals surface area contributed by atoms with Gasteiger partial charge in [-0.2, -0.15) is 0 Å². The van der Waals surface area contributed by atoms with Crippen molar-refractivity contribution in [3.63, 3.8) is 0 Å². The molecule has 172 valence electrons. The average Bonchev–Trinajstić information content (AvgIpc) is 2.60. The molecule has 5 heteroatoms. The Kier molecular flexibility index (Phi) is 15.8. The van der Waals surface area contributed by atoms with E-state index in [0.29, 0.717) is 0 Å². The minimum absolute atomic E-state index is 0.0486. The highest BCUT2D eigenvalue weighted by Gasteiger charge is 2.11. The lowest BCUT2D eigenvalue weighted by Gasteiger charge is -2.04. The van der Waals surface area contributed by atoms with Crippen molar-refractivity contribution < 1.29 is 18.9 Å². The summed E-state index contributed by atoms with van der Waals surface area (Å²) in [5.41, 5.74) is 6.79. The lowest BCUT2D eigenvalue weighted by molar-refractivity contribution is 0.215. The highest BCUT2D eigenvalue weighted by atomic mass is 31.2. The van der Waals surface area contributed by atoms with E-state index >= 15 is 0 Å². The van der Waals surface area contributed by atoms with E-state index in [1.54, 1.807) is 6.08 Å². The third-order valence-corrected chi connectivity index (χ3v) is 5.35. The van der Waals surface area contributed by atoms with Gasteiger partial charge in [-0.05, 0) is 92.9 Å². The first kappa shape index (κ1) is 28.8. The largest absolute Gasteiger partial charge is 0.469 e. The predicted molar refractivity (Wildman–Crippen MR) is 129 cm³/mol. The summed E-state index contributed by atoms with van der Waals surface area (Å²) in [6, 6.07) is 0. The van der Waals surface area contributed by atoms with Crippen LogP contribution in [0, 0.1) is 0 Å². The Labute approximate surface area is 184 Å². The minimum Gasteiger partial charge on any atom is -0.303 e. The molecule has 0 rings (SSSR count). The van der Waals surface area contributed by atoms with E-state index < -0.39 is 7.82 Å². The molecule has 0 bridgehead atoms. The molecule has 0 saturated heterocycles. The van der Waals surface area contributed by atoms with Crippen LogP contribution in [0.25, 0.3) is 0 Å². The summed E-state index contributed by atoms with van der Waals surface area (Å²) in [6.07, 6.45) is 19.5. The van der Waals surface area contributed by atoms with E-state index in [1.807, 2.05) is 6.92 Å². The van der Waals surface area contributed by atoms with E-state index in [-0.39, 0.29) is 6.61 Å². The molecule has 0 atom stereocenters. The maximum absolute atomic E-state index is 10.6. The van der Waals surface area contributed by atoms with Crippen molar-refractivity contribution in [2.45, 2.75) is 92.9 Å². The quantitative estimate of drug-likeness (QED) is 0.201. The van der Waals surface area contributed by atoms with Gasteiger partial charge in [-0.3, -0.25) is 4.52 Å². The normalized spacial score (nSPS) is 14.3. The van der Waals surface area contributed by atoms with Gasteiger partial charge in [-0.25, -0.2) is 4.57 Å². The van der Waals surface area contributed by atoms with Gasteiger partial charge in [-0.1, -0.05) is 58.2 Å². The van der Waals surface area contributed by atoms with E-state index in [0.717, 1.165) is 56.9 Å². The first-order valence-corrected chi connectivity index (χ1v) is 12.5. The van der Waals surface area contributed by atoms with Gasteiger partial charge in [-0.15, -0.1) is 0 Å². The highest BCUT2D eigenvalue weighted by molar-refractivity contribution is 7.46. The SMILES string of the molecule is CC(C)=CCC/C(C)=C/CC/C(C)=C\CC/C(C)=C/CC/C(C)=C\COP(=O)(O)O. The van der Waals surface area contributed by atoms with Gasteiger partial charge in [0, 0.05) is 0 Å². The van der Waals surface area contributed by atoms with Crippen LogP contribution in [0.15, 0.2) is 58.2 Å². The van der Waals surface area contributed by atoms with Gasteiger partial charge < -0.3 is 9.79 Å². The second-order valence-electron chi connectivity index (χ2n) is 8.42. The number of hydrogen-bond donors (Lipinski definition) is 2. The van der Waals surface area contributed by atoms with Crippen molar-refractivity contribution in [1.29, 1.82) is 0 Å². The van der Waals surface area contributed by atoms with Crippen LogP contribution in [-0.2, 0) is 9.09 Å². The maximum Gasteiger partial charge on any atom is 0.469 e. The molecular weight excluding hydrogens is 395 g/mol. The fourth-order valence-corrected chi connectivity index (χ4v) is 3.18. The van der Waals surface area contributed by atoms with Crippen LogP contribution in [-0.4, -0.2) is 16.4 Å². The van der Waals surface area contributed by atoms with Crippen LogP contribution in [0.1, 0.15) is 92.9 Å². The van der Waals surface area contributed by atoms with Gasteiger partial charge in [0.2, 0.25) is 0 Å². The number of rotatable bonds is 15. The molecule has 0 aliphatic carbocycles. The molecule has 0 fully saturated rings. The van der Waals surface area contributed by atoms with Crippen molar-refractivity contribution in [1.82, 2.24) is 0 Å². The van der Waals surface area contributed by atoms with Crippen LogP contribution in [0.5, 0.6) is 0 Å². The van der Waals surface area contributed by atoms with Crippen LogP contribution in [0.3, 0.4) is 0 Å². The summed E-state index contributed by atoms with van der Waals surface area (Å²) in [7, 11) is -4.37. The second kappa shape index (κ2) is 16.5. The lowest BCUT2D eigenvalue weighted by atomic mass is 10.0. The molecule has 0 aliphatic rings. The molecule has 2 N–H and O–H groups in total. The Morgan fingerprint density at radius 3 is 1.30 bits per heavy atom. The van der Waals surface area contributed by atoms with Gasteiger partial charge in [0.15, 0.2) is 0 Å². The molecule has 0 aromatic rings. The molecule has 0 aliphatic heterocycles. The van der Waals surface area contributed by atoms with Crippen LogP contribution in [0.2, 0.25) is 0 Å². The number of phosphoric ester groups is 1. The summed E-state index contributed by atoms with van der Waals surface area (Å²) < 4.78 is 15.1. The van der Waals surface area contributed by atoms with Crippen molar-refractivity contribution in [2.24, 2.45) is 0 Å². The smallest absolute Gasteiger partial charge is 0.303 e. The second-order valence-corrected chi connectivity index (χ2v) is 9.66. The van der Waals surface area contributed by atoms with E-state index in [2.05, 4.69) is 63.4 Å². The molecule has 30 heavy (non-hydrogen) atoms. The standard InChI is InChI=1S/C25H43O4P/c1-21(2)11-7-12-22(3)13-8-14-23(4)15-9-16-24(5)17-10-18-25(6)19-20-29-30(26,27)28/h11,13,15,17,19H,7-10,12,14,16,18,20H2,1-6H3,(H2,26,27,28)/b22-13+,23-15-,24-17+,25-19-. The minimum atomic E-state index is -4.37. The molecule has 0 saturated carbocycles. The third-order valence-electron chi connectivity index (χ3n) is 4.86. The Morgan fingerprint density at radius 1 is 0.633 bits per heavy atom. The average molecular weight is 439 g/mol. The third kappa shape index (κ3) is 20.1. The number of phosphoric acid groups is 1. The van der Waals surface area contributed by atoms with Crippen molar-refractivity contribution in [3.8, 4) is 0 Å². The summed E-state index contributed by atoms with van der Waals surface area (Å²) >= 11 is 0. The molecule has 4 nitrogen and oxygen atoms in total. The van der Waals surface area contributed by atoms with Crippen LogP contribution in [0.4, 0.5) is 0 Å². The Morgan fingerprint density at radius 2 is 0.967 bits per heavy atom. The monoisotopic (exact) mass is 438 g/mol. The topological polar surface area (TPSA) is 66.8 Å². The summed E-state index contributed by atoms with van der Waals surface area (Å²) in [4.78, 5) is 17.3. The summed E-state index contributed by atoms with van der Waals surface area (Å²) in [5.74, 6) is 0. The predicted octanol–water partition coefficient (Wildman–Crippen LogP) is 7.97. The molecule has 0 unspecified atom stereocenters. The Hall–Kier alpha value is -1.19. The highest BCUT2D eigenvalue weighted by Crippen LogP contribution is 2.35. The zero-order valence-corrected chi connectivity index (χ0v) is 20.8. The van der Waals surface area contributed by atoms with Gasteiger partial charge in [0.25, 0.3) is 0 Å². The number of allylic oxidation sites excluding steroid dienone is 9. The van der Waals surface area contributed by atoms with E-state index in [1.165, 1.54) is 22.3 Å². The molecule has 0 spiro atoms. The van der Waals surface area contributed by atoms with Gasteiger partial charge in [0.1, 0.15) is 0 Å². The first-order valence-electron chi connectivity index (χ1n) is 11.0. The molecule has 0 aromatic heterocycles.